The molecule has 1 N–H and O–H groups in total. The lowest BCUT2D eigenvalue weighted by Gasteiger charge is -2.20. The Balaban J connectivity index is 1.53. The first kappa shape index (κ1) is 23.0. The Morgan fingerprint density at radius 1 is 1.17 bits per heavy atom. The highest BCUT2D eigenvalue weighted by atomic mass is 32.2. The number of nitrogens with zero attached hydrogens (tertiary/aromatic N) is 3. The van der Waals surface area contributed by atoms with Crippen molar-refractivity contribution in [3.05, 3.63) is 24.3 Å². The lowest BCUT2D eigenvalue weighted by molar-refractivity contribution is -0.113. The second-order valence-electron chi connectivity index (χ2n) is 7.18. The van der Waals surface area contributed by atoms with Crippen LogP contribution in [0.3, 0.4) is 0 Å². The molecule has 1 amide bonds. The standard InChI is InChI=1S/C19H26N4O4S3/c1-14(2)27-18-21-22-19(29-18)28-13-17(24)20-15-7-9-16(10-8-15)30(25,26)23-11-5-3-4-6-12-23/h7-10,14H,3-6,11-13H2,1-2H3,(H,20,24). The Hall–Kier alpha value is -1.69. The number of hydrogen-bond acceptors (Lipinski definition) is 8. The van der Waals surface area contributed by atoms with Crippen LogP contribution in [0.25, 0.3) is 0 Å². The van der Waals surface area contributed by atoms with E-state index in [1.165, 1.54) is 23.1 Å². The number of thioether (sulfide) groups is 1. The van der Waals surface area contributed by atoms with Gasteiger partial charge in [0.1, 0.15) is 0 Å². The zero-order valence-corrected chi connectivity index (χ0v) is 19.5. The van der Waals surface area contributed by atoms with Crippen LogP contribution in [-0.4, -0.2) is 53.8 Å². The van der Waals surface area contributed by atoms with Crippen molar-refractivity contribution < 1.29 is 17.9 Å². The lowest BCUT2D eigenvalue weighted by atomic mass is 10.2. The number of hydrogen-bond donors (Lipinski definition) is 1. The van der Waals surface area contributed by atoms with Crippen molar-refractivity contribution in [2.24, 2.45) is 0 Å². The molecule has 0 saturated carbocycles. The van der Waals surface area contributed by atoms with Gasteiger partial charge in [-0.3, -0.25) is 4.79 Å². The molecule has 1 aliphatic heterocycles. The average molecular weight is 471 g/mol. The second-order valence-corrected chi connectivity index (χ2v) is 11.3. The Morgan fingerprint density at radius 3 is 2.47 bits per heavy atom. The minimum Gasteiger partial charge on any atom is -0.466 e. The van der Waals surface area contributed by atoms with Gasteiger partial charge < -0.3 is 10.1 Å². The van der Waals surface area contributed by atoms with Crippen LogP contribution in [-0.2, 0) is 14.8 Å². The lowest BCUT2D eigenvalue weighted by Crippen LogP contribution is -2.31. The summed E-state index contributed by atoms with van der Waals surface area (Å²) in [5, 5.41) is 11.2. The number of aromatic nitrogens is 2. The topological polar surface area (TPSA) is 101 Å². The smallest absolute Gasteiger partial charge is 0.295 e. The Kier molecular flexibility index (Phi) is 8.09. The van der Waals surface area contributed by atoms with E-state index in [1.54, 1.807) is 28.6 Å². The number of anilines is 1. The van der Waals surface area contributed by atoms with Gasteiger partial charge in [0.2, 0.25) is 15.9 Å². The van der Waals surface area contributed by atoms with Gasteiger partial charge in [0.05, 0.1) is 16.8 Å². The third-order valence-electron chi connectivity index (χ3n) is 4.39. The van der Waals surface area contributed by atoms with Crippen LogP contribution in [0.15, 0.2) is 33.5 Å². The minimum absolute atomic E-state index is 0.0187. The highest BCUT2D eigenvalue weighted by Crippen LogP contribution is 2.28. The molecule has 1 aromatic carbocycles. The molecule has 0 aliphatic carbocycles. The summed E-state index contributed by atoms with van der Waals surface area (Å²) in [6, 6.07) is 6.33. The van der Waals surface area contributed by atoms with Crippen LogP contribution in [0.1, 0.15) is 39.5 Å². The van der Waals surface area contributed by atoms with Crippen molar-refractivity contribution in [1.82, 2.24) is 14.5 Å². The van der Waals surface area contributed by atoms with E-state index in [0.717, 1.165) is 25.7 Å². The zero-order chi connectivity index (χ0) is 21.6. The summed E-state index contributed by atoms with van der Waals surface area (Å²) in [7, 11) is -3.49. The van der Waals surface area contributed by atoms with E-state index < -0.39 is 10.0 Å². The fraction of sp³-hybridized carbons (Fsp3) is 0.526. The first-order chi connectivity index (χ1) is 14.3. The number of sulfonamides is 1. The van der Waals surface area contributed by atoms with Crippen molar-refractivity contribution in [3.63, 3.8) is 0 Å². The number of nitrogens with one attached hydrogen (secondary N) is 1. The maximum atomic E-state index is 12.8. The molecule has 0 unspecified atom stereocenters. The fourth-order valence-electron chi connectivity index (χ4n) is 2.97. The van der Waals surface area contributed by atoms with Crippen molar-refractivity contribution in [2.75, 3.05) is 24.2 Å². The van der Waals surface area contributed by atoms with Gasteiger partial charge in [0, 0.05) is 18.8 Å². The predicted molar refractivity (Wildman–Crippen MR) is 119 cm³/mol. The predicted octanol–water partition coefficient (Wildman–Crippen LogP) is 3.62. The molecular formula is C19H26N4O4S3. The van der Waals surface area contributed by atoms with Crippen molar-refractivity contribution >= 4 is 44.7 Å². The van der Waals surface area contributed by atoms with E-state index in [2.05, 4.69) is 15.5 Å². The molecule has 3 rings (SSSR count). The van der Waals surface area contributed by atoms with Crippen molar-refractivity contribution in [1.29, 1.82) is 0 Å². The second kappa shape index (κ2) is 10.6. The molecular weight excluding hydrogens is 444 g/mol. The number of rotatable bonds is 8. The maximum Gasteiger partial charge on any atom is 0.295 e. The molecule has 1 saturated heterocycles. The third-order valence-corrected chi connectivity index (χ3v) is 8.25. The first-order valence-corrected chi connectivity index (χ1v) is 13.1. The quantitative estimate of drug-likeness (QED) is 0.588. The van der Waals surface area contributed by atoms with E-state index in [0.29, 0.717) is 28.3 Å². The van der Waals surface area contributed by atoms with Gasteiger partial charge in [-0.05, 0) is 62.3 Å². The van der Waals surface area contributed by atoms with E-state index >= 15 is 0 Å². The molecule has 1 aliphatic rings. The molecule has 30 heavy (non-hydrogen) atoms. The molecule has 11 heteroatoms. The average Bonchev–Trinajstić information content (AvgIpc) is 2.96. The summed E-state index contributed by atoms with van der Waals surface area (Å²) < 4.78 is 33.3. The van der Waals surface area contributed by atoms with E-state index in [4.69, 9.17) is 4.74 Å². The third kappa shape index (κ3) is 6.40. The fourth-order valence-corrected chi connectivity index (χ4v) is 6.09. The Morgan fingerprint density at radius 2 is 1.83 bits per heavy atom. The summed E-state index contributed by atoms with van der Waals surface area (Å²) in [5.74, 6) is -0.0333. The van der Waals surface area contributed by atoms with Gasteiger partial charge in [-0.2, -0.15) is 4.31 Å². The number of benzene rings is 1. The van der Waals surface area contributed by atoms with Crippen LogP contribution in [0, 0.1) is 0 Å². The van der Waals surface area contributed by atoms with E-state index in [-0.39, 0.29) is 22.7 Å². The number of ether oxygens (including phenoxy) is 1. The van der Waals surface area contributed by atoms with Gasteiger partial charge >= 0.3 is 0 Å². The molecule has 8 nitrogen and oxygen atoms in total. The maximum absolute atomic E-state index is 12.8. The van der Waals surface area contributed by atoms with Crippen LogP contribution < -0.4 is 10.1 Å². The van der Waals surface area contributed by atoms with Crippen LogP contribution in [0.5, 0.6) is 5.19 Å². The van der Waals surface area contributed by atoms with Crippen molar-refractivity contribution in [2.45, 2.75) is 54.9 Å². The number of carbonyl (C=O) groups excluding carboxylic acids is 1. The largest absolute Gasteiger partial charge is 0.466 e. The van der Waals surface area contributed by atoms with Gasteiger partial charge in [-0.25, -0.2) is 8.42 Å². The Bertz CT molecular complexity index is 937. The van der Waals surface area contributed by atoms with Gasteiger partial charge in [0.15, 0.2) is 4.34 Å². The van der Waals surface area contributed by atoms with Gasteiger partial charge in [-0.15, -0.1) is 5.10 Å². The zero-order valence-electron chi connectivity index (χ0n) is 17.0. The highest BCUT2D eigenvalue weighted by Gasteiger charge is 2.25. The van der Waals surface area contributed by atoms with E-state index in [9.17, 15) is 13.2 Å². The highest BCUT2D eigenvalue weighted by molar-refractivity contribution is 8.01. The summed E-state index contributed by atoms with van der Waals surface area (Å²) in [6.07, 6.45) is 3.94. The summed E-state index contributed by atoms with van der Waals surface area (Å²) >= 11 is 2.57. The molecule has 2 heterocycles. The molecule has 1 aromatic heterocycles. The number of amides is 1. The molecule has 2 aromatic rings. The molecule has 0 spiro atoms. The van der Waals surface area contributed by atoms with Gasteiger partial charge in [-0.1, -0.05) is 29.7 Å². The van der Waals surface area contributed by atoms with E-state index in [1.807, 2.05) is 13.8 Å². The molecule has 0 atom stereocenters. The summed E-state index contributed by atoms with van der Waals surface area (Å²) in [4.78, 5) is 12.5. The summed E-state index contributed by atoms with van der Waals surface area (Å²) in [5.41, 5.74) is 0.552. The normalized spacial score (nSPS) is 15.7. The number of carbonyl (C=O) groups is 1. The molecule has 0 radical (unpaired) electrons. The molecule has 1 fully saturated rings. The first-order valence-electron chi connectivity index (χ1n) is 9.87. The minimum atomic E-state index is -3.49. The Labute approximate surface area is 185 Å². The molecule has 0 bridgehead atoms. The summed E-state index contributed by atoms with van der Waals surface area (Å²) in [6.45, 7) is 4.94. The molecule has 164 valence electrons. The SMILES string of the molecule is CC(C)Oc1nnc(SCC(=O)Nc2ccc(S(=O)(=O)N3CCCCCC3)cc2)s1. The van der Waals surface area contributed by atoms with Crippen LogP contribution >= 0.6 is 23.1 Å². The van der Waals surface area contributed by atoms with Crippen molar-refractivity contribution in [3.8, 4) is 5.19 Å². The van der Waals surface area contributed by atoms with Crippen LogP contribution in [0.4, 0.5) is 5.69 Å². The monoisotopic (exact) mass is 470 g/mol. The van der Waals surface area contributed by atoms with Gasteiger partial charge in [0.25, 0.3) is 5.19 Å². The van der Waals surface area contributed by atoms with Crippen LogP contribution in [0.2, 0.25) is 0 Å².